The second-order valence-corrected chi connectivity index (χ2v) is 4.52. The van der Waals surface area contributed by atoms with Crippen LogP contribution in [0.15, 0.2) is 29.6 Å². The first-order valence-corrected chi connectivity index (χ1v) is 6.32. The number of hydrogen-bond donors (Lipinski definition) is 0. The molecule has 0 aliphatic rings. The lowest BCUT2D eigenvalue weighted by molar-refractivity contribution is -0.384. The van der Waals surface area contributed by atoms with Gasteiger partial charge in [0.15, 0.2) is 5.01 Å². The molecule has 18 heavy (non-hydrogen) atoms. The van der Waals surface area contributed by atoms with E-state index in [4.69, 9.17) is 11.6 Å². The van der Waals surface area contributed by atoms with Crippen LogP contribution < -0.4 is 0 Å². The van der Waals surface area contributed by atoms with Crippen molar-refractivity contribution in [3.63, 3.8) is 0 Å². The normalized spacial score (nSPS) is 10.3. The van der Waals surface area contributed by atoms with Gasteiger partial charge in [0.05, 0.1) is 16.5 Å². The van der Waals surface area contributed by atoms with Crippen molar-refractivity contribution >= 4 is 34.4 Å². The van der Waals surface area contributed by atoms with Gasteiger partial charge in [-0.05, 0) is 12.1 Å². The van der Waals surface area contributed by atoms with Crippen molar-refractivity contribution in [1.82, 2.24) is 4.98 Å². The Kier molecular flexibility index (Phi) is 3.69. The smallest absolute Gasteiger partial charge is 0.269 e. The highest BCUT2D eigenvalue weighted by Crippen LogP contribution is 2.24. The number of aromatic nitrogens is 1. The number of alkyl halides is 1. The van der Waals surface area contributed by atoms with Gasteiger partial charge in [-0.1, -0.05) is 0 Å². The number of hydrogen-bond acceptors (Lipinski definition) is 5. The maximum Gasteiger partial charge on any atom is 0.269 e. The Morgan fingerprint density at radius 1 is 1.39 bits per heavy atom. The van der Waals surface area contributed by atoms with E-state index in [1.54, 1.807) is 17.5 Å². The summed E-state index contributed by atoms with van der Waals surface area (Å²) in [5, 5.41) is 12.6. The van der Waals surface area contributed by atoms with Crippen molar-refractivity contribution in [1.29, 1.82) is 0 Å². The summed E-state index contributed by atoms with van der Waals surface area (Å²) in [7, 11) is 0. The third kappa shape index (κ3) is 2.55. The minimum atomic E-state index is -0.465. The molecule has 0 aliphatic heterocycles. The van der Waals surface area contributed by atoms with E-state index < -0.39 is 4.92 Å². The summed E-state index contributed by atoms with van der Waals surface area (Å²) in [6.45, 7) is 0. The van der Waals surface area contributed by atoms with E-state index in [9.17, 15) is 14.9 Å². The molecule has 0 saturated carbocycles. The quantitative estimate of drug-likeness (QED) is 0.374. The molecule has 0 saturated heterocycles. The number of thiazole rings is 1. The van der Waals surface area contributed by atoms with Gasteiger partial charge < -0.3 is 0 Å². The monoisotopic (exact) mass is 282 g/mol. The molecule has 0 aliphatic carbocycles. The van der Waals surface area contributed by atoms with Crippen LogP contribution in [0.4, 0.5) is 5.69 Å². The summed E-state index contributed by atoms with van der Waals surface area (Å²) in [6.07, 6.45) is 0. The number of halogens is 1. The van der Waals surface area contributed by atoms with Gasteiger partial charge >= 0.3 is 0 Å². The molecule has 0 spiro atoms. The molecule has 0 radical (unpaired) electrons. The lowest BCUT2D eigenvalue weighted by Gasteiger charge is -1.95. The van der Waals surface area contributed by atoms with E-state index in [0.717, 1.165) is 5.56 Å². The third-order valence-electron chi connectivity index (χ3n) is 2.24. The fraction of sp³-hybridized carbons (Fsp3) is 0.0909. The van der Waals surface area contributed by atoms with Gasteiger partial charge in [0.25, 0.3) is 5.69 Å². The zero-order valence-corrected chi connectivity index (χ0v) is 10.6. The van der Waals surface area contributed by atoms with Crippen molar-refractivity contribution in [2.24, 2.45) is 0 Å². The van der Waals surface area contributed by atoms with Crippen LogP contribution in [0.5, 0.6) is 0 Å². The molecule has 7 heteroatoms. The average Bonchev–Trinajstić information content (AvgIpc) is 2.87. The number of carbonyl (C=O) groups is 1. The molecule has 0 unspecified atom stereocenters. The highest BCUT2D eigenvalue weighted by molar-refractivity contribution is 7.12. The summed E-state index contributed by atoms with van der Waals surface area (Å²) in [5.74, 6) is -0.331. The molecule has 0 fully saturated rings. The predicted octanol–water partition coefficient (Wildman–Crippen LogP) is 3.14. The molecule has 2 aromatic rings. The molecule has 0 bridgehead atoms. The number of nitro groups is 1. The SMILES string of the molecule is O=C(CCl)c1nc(-c2ccc([N+](=O)[O-])cc2)cs1. The van der Waals surface area contributed by atoms with Gasteiger partial charge in [0.2, 0.25) is 5.78 Å². The van der Waals surface area contributed by atoms with Gasteiger partial charge in [-0.2, -0.15) is 0 Å². The zero-order valence-electron chi connectivity index (χ0n) is 9.00. The third-order valence-corrected chi connectivity index (χ3v) is 3.36. The number of nitro benzene ring substituents is 1. The van der Waals surface area contributed by atoms with Gasteiger partial charge in [-0.3, -0.25) is 14.9 Å². The molecule has 2 rings (SSSR count). The van der Waals surface area contributed by atoms with Crippen LogP contribution in [0.3, 0.4) is 0 Å². The number of nitrogens with zero attached hydrogens (tertiary/aromatic N) is 2. The Morgan fingerprint density at radius 3 is 2.61 bits per heavy atom. The average molecular weight is 283 g/mol. The maximum atomic E-state index is 11.3. The Hall–Kier alpha value is -1.79. The summed E-state index contributed by atoms with van der Waals surface area (Å²) in [5.41, 5.74) is 1.36. The standard InChI is InChI=1S/C11H7ClN2O3S/c12-5-10(15)11-13-9(6-18-11)7-1-3-8(4-2-7)14(16)17/h1-4,6H,5H2. The van der Waals surface area contributed by atoms with Crippen LogP contribution in [-0.4, -0.2) is 21.6 Å². The summed E-state index contributed by atoms with van der Waals surface area (Å²) >= 11 is 6.65. The molecule has 1 aromatic heterocycles. The minimum Gasteiger partial charge on any atom is -0.290 e. The molecule has 0 amide bonds. The predicted molar refractivity (Wildman–Crippen MR) is 69.3 cm³/mol. The molecular weight excluding hydrogens is 276 g/mol. The first-order chi connectivity index (χ1) is 8.61. The minimum absolute atomic E-state index is 0.0195. The Labute approximate surface area is 111 Å². The van der Waals surface area contributed by atoms with Crippen LogP contribution in [0.1, 0.15) is 9.80 Å². The fourth-order valence-corrected chi connectivity index (χ4v) is 2.32. The number of carbonyl (C=O) groups excluding carboxylic acids is 1. The van der Waals surface area contributed by atoms with Crippen molar-refractivity contribution in [3.05, 3.63) is 44.8 Å². The number of Topliss-reactive ketones (excluding diaryl/α,β-unsaturated/α-hetero) is 1. The van der Waals surface area contributed by atoms with Crippen LogP contribution in [0, 0.1) is 10.1 Å². The summed E-state index contributed by atoms with van der Waals surface area (Å²) in [4.78, 5) is 25.5. The first kappa shape index (κ1) is 12.7. The van der Waals surface area contributed by atoms with Crippen LogP contribution in [0.2, 0.25) is 0 Å². The van der Waals surface area contributed by atoms with Crippen LogP contribution >= 0.6 is 22.9 Å². The van der Waals surface area contributed by atoms with Gasteiger partial charge in [-0.15, -0.1) is 22.9 Å². The molecule has 92 valence electrons. The van der Waals surface area contributed by atoms with Crippen LogP contribution in [0.25, 0.3) is 11.3 Å². The van der Waals surface area contributed by atoms with Gasteiger partial charge in [0, 0.05) is 23.1 Å². The van der Waals surface area contributed by atoms with E-state index in [-0.39, 0.29) is 17.4 Å². The van der Waals surface area contributed by atoms with Gasteiger partial charge in [0.1, 0.15) is 0 Å². The van der Waals surface area contributed by atoms with E-state index in [2.05, 4.69) is 4.98 Å². The molecule has 1 heterocycles. The second-order valence-electron chi connectivity index (χ2n) is 3.40. The largest absolute Gasteiger partial charge is 0.290 e. The number of benzene rings is 1. The molecular formula is C11H7ClN2O3S. The van der Waals surface area contributed by atoms with Gasteiger partial charge in [-0.25, -0.2) is 4.98 Å². The van der Waals surface area contributed by atoms with E-state index >= 15 is 0 Å². The molecule has 1 aromatic carbocycles. The van der Waals surface area contributed by atoms with Crippen molar-refractivity contribution < 1.29 is 9.72 Å². The van der Waals surface area contributed by atoms with Crippen molar-refractivity contribution in [2.75, 3.05) is 5.88 Å². The molecule has 0 N–H and O–H groups in total. The number of non-ortho nitro benzene ring substituents is 1. The summed E-state index contributed by atoms with van der Waals surface area (Å²) < 4.78 is 0. The van der Waals surface area contributed by atoms with Crippen LogP contribution in [-0.2, 0) is 0 Å². The summed E-state index contributed by atoms with van der Waals surface area (Å²) in [6, 6.07) is 6.00. The number of ketones is 1. The van der Waals surface area contributed by atoms with Crippen molar-refractivity contribution in [3.8, 4) is 11.3 Å². The van der Waals surface area contributed by atoms with Crippen molar-refractivity contribution in [2.45, 2.75) is 0 Å². The highest BCUT2D eigenvalue weighted by atomic mass is 35.5. The Balaban J connectivity index is 2.29. The Morgan fingerprint density at radius 2 is 2.06 bits per heavy atom. The van der Waals surface area contributed by atoms with E-state index in [1.807, 2.05) is 0 Å². The fourth-order valence-electron chi connectivity index (χ4n) is 1.35. The lowest BCUT2D eigenvalue weighted by atomic mass is 10.1. The first-order valence-electron chi connectivity index (χ1n) is 4.91. The highest BCUT2D eigenvalue weighted by Gasteiger charge is 2.12. The lowest BCUT2D eigenvalue weighted by Crippen LogP contribution is -1.98. The molecule has 5 nitrogen and oxygen atoms in total. The second kappa shape index (κ2) is 5.24. The molecule has 0 atom stereocenters. The van der Waals surface area contributed by atoms with E-state index in [1.165, 1.54) is 23.5 Å². The zero-order chi connectivity index (χ0) is 13.1. The topological polar surface area (TPSA) is 73.1 Å². The maximum absolute atomic E-state index is 11.3. The number of rotatable bonds is 4. The Bertz CT molecular complexity index is 595. The van der Waals surface area contributed by atoms with E-state index in [0.29, 0.717) is 10.7 Å².